The van der Waals surface area contributed by atoms with Crippen molar-refractivity contribution < 1.29 is 16.4 Å². The second kappa shape index (κ2) is 14.9. The van der Waals surface area contributed by atoms with Crippen molar-refractivity contribution in [1.29, 1.82) is 0 Å². The third kappa shape index (κ3) is 6.06. The molecule has 0 unspecified atom stereocenters. The minimum Gasteiger partial charge on any atom is -0.278 e. The molecule has 0 atom stereocenters. The zero-order valence-electron chi connectivity index (χ0n) is 47.2. The standard InChI is InChI=1S/C58H49N5Si2/c1-58(2)36-37-64(3,4)53-39-43(65(40-22-8-5-9-23-40,41-24-10-6-11-25-41)42-26-12-7-13-27-42)38-48(54(53)58)55-59-56(62-49-32-18-14-28-44(49)45-29-15-19-33-50(45)62)61-57(60-55)63-51-34-20-16-30-46(51)47-31-17-21-35-52(47)63/h5-35,38-39H,36-37H2,1-4H3/i1D3,2D3,3D3,4D3. The Bertz CT molecular complexity index is 3710. The number of para-hydroxylation sites is 4. The van der Waals surface area contributed by atoms with E-state index in [1.165, 1.54) is 0 Å². The lowest BCUT2D eigenvalue weighted by molar-refractivity contribution is 0.499. The van der Waals surface area contributed by atoms with Crippen molar-refractivity contribution in [2.75, 3.05) is 0 Å². The lowest BCUT2D eigenvalue weighted by Crippen LogP contribution is -2.75. The summed E-state index contributed by atoms with van der Waals surface area (Å²) in [4.78, 5) is 16.1. The van der Waals surface area contributed by atoms with Crippen molar-refractivity contribution in [3.05, 3.63) is 206 Å². The fourth-order valence-electron chi connectivity index (χ4n) is 10.5. The third-order valence-corrected chi connectivity index (χ3v) is 20.4. The minimum atomic E-state index is -5.17. The zero-order valence-corrected chi connectivity index (χ0v) is 37.2. The SMILES string of the molecule is [2H]C([2H])([2H])C1(C([2H])([2H])[2H])CC[Si](C([2H])([2H])[2H])(C([2H])([2H])[2H])c2cc([Si](c3ccccc3)(c3ccccc3)c3ccccc3)cc(-c3nc(-n4c5ccccc5c5ccccc54)nc(-n4c5ccccc5c5ccccc54)n3)c21. The Morgan fingerprint density at radius 2 is 0.877 bits per heavy atom. The van der Waals surface area contributed by atoms with Crippen molar-refractivity contribution >= 4 is 85.7 Å². The molecule has 0 N–H and O–H groups in total. The molecule has 314 valence electrons. The van der Waals surface area contributed by atoms with Crippen LogP contribution in [0.2, 0.25) is 19.0 Å². The molecule has 0 spiro atoms. The van der Waals surface area contributed by atoms with E-state index < -0.39 is 66.2 Å². The summed E-state index contributed by atoms with van der Waals surface area (Å²) in [6.07, 6.45) is -0.786. The molecule has 0 bridgehead atoms. The van der Waals surface area contributed by atoms with Crippen LogP contribution in [-0.4, -0.2) is 40.2 Å². The Morgan fingerprint density at radius 3 is 1.28 bits per heavy atom. The number of benzene rings is 8. The first-order chi connectivity index (χ1) is 36.7. The first-order valence-electron chi connectivity index (χ1n) is 27.8. The van der Waals surface area contributed by atoms with Gasteiger partial charge in [0, 0.05) is 43.6 Å². The highest BCUT2D eigenvalue weighted by Crippen LogP contribution is 2.42. The molecule has 0 amide bonds. The van der Waals surface area contributed by atoms with E-state index in [1.807, 2.05) is 197 Å². The molecule has 1 aliphatic rings. The quantitative estimate of drug-likeness (QED) is 0.118. The highest BCUT2D eigenvalue weighted by Gasteiger charge is 2.46. The third-order valence-electron chi connectivity index (χ3n) is 13.4. The van der Waals surface area contributed by atoms with Gasteiger partial charge in [0.1, 0.15) is 0 Å². The topological polar surface area (TPSA) is 48.5 Å². The molecule has 3 aromatic heterocycles. The lowest BCUT2D eigenvalue weighted by Gasteiger charge is -2.44. The summed E-state index contributed by atoms with van der Waals surface area (Å²) in [5.74, 6) is 0.0310. The van der Waals surface area contributed by atoms with Crippen molar-refractivity contribution in [1.82, 2.24) is 24.1 Å². The van der Waals surface area contributed by atoms with Crippen molar-refractivity contribution in [3.8, 4) is 23.3 Å². The molecule has 5 nitrogen and oxygen atoms in total. The molecule has 12 rings (SSSR count). The maximum Gasteiger partial charge on any atom is 0.240 e. The number of nitrogens with zero attached hydrogens (tertiary/aromatic N) is 5. The van der Waals surface area contributed by atoms with E-state index in [4.69, 9.17) is 15.0 Å². The number of aromatic nitrogens is 5. The van der Waals surface area contributed by atoms with Gasteiger partial charge in [-0.25, -0.2) is 0 Å². The Labute approximate surface area is 398 Å². The Balaban J connectivity index is 1.36. The van der Waals surface area contributed by atoms with Gasteiger partial charge in [-0.1, -0.05) is 214 Å². The molecule has 7 heteroatoms. The van der Waals surface area contributed by atoms with Crippen molar-refractivity contribution in [2.45, 2.75) is 44.5 Å². The van der Waals surface area contributed by atoms with Crippen molar-refractivity contribution in [3.63, 3.8) is 0 Å². The van der Waals surface area contributed by atoms with Crippen LogP contribution in [0.4, 0.5) is 0 Å². The molecular weight excluding hydrogens is 823 g/mol. The predicted molar refractivity (Wildman–Crippen MR) is 277 cm³/mol. The van der Waals surface area contributed by atoms with Gasteiger partial charge in [-0.3, -0.25) is 9.13 Å². The monoisotopic (exact) mass is 883 g/mol. The van der Waals surface area contributed by atoms with Gasteiger partial charge in [0.2, 0.25) is 11.9 Å². The second-order valence-electron chi connectivity index (χ2n) is 17.1. The molecule has 8 aromatic carbocycles. The van der Waals surface area contributed by atoms with Crippen LogP contribution in [0.3, 0.4) is 0 Å². The van der Waals surface area contributed by atoms with Crippen LogP contribution < -0.4 is 25.9 Å². The Kier molecular flexibility index (Phi) is 6.57. The molecule has 11 aromatic rings. The van der Waals surface area contributed by atoms with Gasteiger partial charge in [-0.15, -0.1) is 0 Å². The van der Waals surface area contributed by atoms with Crippen LogP contribution in [0.5, 0.6) is 0 Å². The van der Waals surface area contributed by atoms with Crippen LogP contribution in [-0.2, 0) is 5.41 Å². The van der Waals surface area contributed by atoms with Gasteiger partial charge in [0.05, 0.1) is 30.1 Å². The van der Waals surface area contributed by atoms with E-state index in [0.717, 1.165) is 59.2 Å². The van der Waals surface area contributed by atoms with E-state index in [0.29, 0.717) is 5.19 Å². The number of rotatable bonds is 7. The van der Waals surface area contributed by atoms with Crippen LogP contribution in [0.15, 0.2) is 200 Å². The normalized spacial score (nSPS) is 18.1. The molecule has 0 fully saturated rings. The molecule has 0 aliphatic carbocycles. The fourth-order valence-corrected chi connectivity index (χ4v) is 17.6. The minimum absolute atomic E-state index is 0.0964. The van der Waals surface area contributed by atoms with Gasteiger partial charge >= 0.3 is 0 Å². The summed E-state index contributed by atoms with van der Waals surface area (Å²) >= 11 is 0. The first kappa shape index (κ1) is 28.6. The largest absolute Gasteiger partial charge is 0.278 e. The number of fused-ring (bicyclic) bond motifs is 7. The van der Waals surface area contributed by atoms with Crippen LogP contribution in [0, 0.1) is 0 Å². The van der Waals surface area contributed by atoms with E-state index >= 15 is 0 Å². The zero-order chi connectivity index (χ0) is 53.9. The van der Waals surface area contributed by atoms with Gasteiger partial charge in [0.15, 0.2) is 13.9 Å². The number of hydrogen-bond acceptors (Lipinski definition) is 3. The molecule has 0 saturated heterocycles. The molecule has 4 heterocycles. The van der Waals surface area contributed by atoms with Gasteiger partial charge in [-0.05, 0) is 62.4 Å². The Morgan fingerprint density at radius 1 is 0.477 bits per heavy atom. The molecule has 0 radical (unpaired) electrons. The summed E-state index contributed by atoms with van der Waals surface area (Å²) in [7, 11) is -9.00. The van der Waals surface area contributed by atoms with Crippen LogP contribution in [0.1, 0.15) is 42.1 Å². The average molecular weight is 884 g/mol. The summed E-state index contributed by atoms with van der Waals surface area (Å²) in [6, 6.07) is 63.1. The summed E-state index contributed by atoms with van der Waals surface area (Å²) < 4.78 is 117. The fraction of sp³-hybridized carbons (Fsp3) is 0.121. The van der Waals surface area contributed by atoms with E-state index in [2.05, 4.69) is 0 Å². The summed E-state index contributed by atoms with van der Waals surface area (Å²) in [5.41, 5.74) is -0.401. The van der Waals surface area contributed by atoms with E-state index in [9.17, 15) is 16.4 Å². The molecular formula is C58H49N5Si2. The molecule has 0 saturated carbocycles. The summed E-state index contributed by atoms with van der Waals surface area (Å²) in [5, 5.41) is 6.32. The first-order valence-corrected chi connectivity index (χ1v) is 26.0. The molecule has 65 heavy (non-hydrogen) atoms. The maximum absolute atomic E-state index is 9.48. The van der Waals surface area contributed by atoms with Crippen LogP contribution in [0.25, 0.3) is 66.9 Å². The Hall–Kier alpha value is -7.20. The number of hydrogen-bond donors (Lipinski definition) is 0. The maximum atomic E-state index is 9.48. The average Bonchev–Trinajstić information content (AvgIpc) is 4.08. The lowest BCUT2D eigenvalue weighted by atomic mass is 9.79. The van der Waals surface area contributed by atoms with E-state index in [1.54, 1.807) is 12.1 Å². The van der Waals surface area contributed by atoms with Crippen LogP contribution >= 0.6 is 0 Å². The predicted octanol–water partition coefficient (Wildman–Crippen LogP) is 10.7. The molecule has 1 aliphatic heterocycles. The van der Waals surface area contributed by atoms with Gasteiger partial charge in [-0.2, -0.15) is 15.0 Å². The summed E-state index contributed by atoms with van der Waals surface area (Å²) in [6.45, 7) is -13.1. The highest BCUT2D eigenvalue weighted by atomic mass is 28.3. The van der Waals surface area contributed by atoms with E-state index in [-0.39, 0.29) is 28.5 Å². The smallest absolute Gasteiger partial charge is 0.240 e. The van der Waals surface area contributed by atoms with Gasteiger partial charge in [0.25, 0.3) is 0 Å². The van der Waals surface area contributed by atoms with Gasteiger partial charge < -0.3 is 0 Å². The van der Waals surface area contributed by atoms with Crippen molar-refractivity contribution in [2.24, 2.45) is 0 Å². The second-order valence-corrected chi connectivity index (χ2v) is 23.8. The highest BCUT2D eigenvalue weighted by molar-refractivity contribution is 7.20.